The van der Waals surface area contributed by atoms with E-state index in [0.717, 1.165) is 12.2 Å². The lowest BCUT2D eigenvalue weighted by atomic mass is 10.1. The standard InChI is InChI=1S/C17H28N2O4S/c1-4-14-7-5-6-8-17(14)23-10-9-19-11-15(16(20)12-19)13-24(21,22)18(2)3/h5-8,15-16,20H,4,9-13H2,1-3H3/t15-,16-/m0/s1. The number of likely N-dealkylation sites (tertiary alicyclic amines) is 1. The van der Waals surface area contributed by atoms with Crippen molar-refractivity contribution < 1.29 is 18.3 Å². The molecule has 7 heteroatoms. The number of hydrogen-bond acceptors (Lipinski definition) is 5. The lowest BCUT2D eigenvalue weighted by Gasteiger charge is -2.18. The highest BCUT2D eigenvalue weighted by Crippen LogP contribution is 2.21. The van der Waals surface area contributed by atoms with Gasteiger partial charge >= 0.3 is 0 Å². The number of aliphatic hydroxyl groups is 1. The molecular weight excluding hydrogens is 328 g/mol. The van der Waals surface area contributed by atoms with Crippen LogP contribution in [0.4, 0.5) is 0 Å². The van der Waals surface area contributed by atoms with E-state index in [-0.39, 0.29) is 11.7 Å². The van der Waals surface area contributed by atoms with Crippen LogP contribution in [0.25, 0.3) is 0 Å². The summed E-state index contributed by atoms with van der Waals surface area (Å²) in [5.74, 6) is 0.629. The fourth-order valence-electron chi connectivity index (χ4n) is 2.93. The zero-order valence-corrected chi connectivity index (χ0v) is 15.5. The number of sulfonamides is 1. The third-order valence-electron chi connectivity index (χ3n) is 4.48. The Labute approximate surface area is 145 Å². The quantitative estimate of drug-likeness (QED) is 0.746. The van der Waals surface area contributed by atoms with Gasteiger partial charge in [0, 0.05) is 39.6 Å². The van der Waals surface area contributed by atoms with Gasteiger partial charge in [0.15, 0.2) is 0 Å². The Hall–Kier alpha value is -1.15. The van der Waals surface area contributed by atoms with Crippen molar-refractivity contribution in [1.29, 1.82) is 0 Å². The molecule has 1 fully saturated rings. The second-order valence-corrected chi connectivity index (χ2v) is 8.69. The third-order valence-corrected chi connectivity index (χ3v) is 6.44. The van der Waals surface area contributed by atoms with Crippen LogP contribution in [-0.2, 0) is 16.4 Å². The summed E-state index contributed by atoms with van der Waals surface area (Å²) in [6.45, 7) is 4.36. The van der Waals surface area contributed by atoms with Crippen molar-refractivity contribution in [2.24, 2.45) is 5.92 Å². The summed E-state index contributed by atoms with van der Waals surface area (Å²) in [5.41, 5.74) is 1.17. The van der Waals surface area contributed by atoms with E-state index in [4.69, 9.17) is 4.74 Å². The molecule has 0 bridgehead atoms. The van der Waals surface area contributed by atoms with E-state index in [0.29, 0.717) is 26.2 Å². The SMILES string of the molecule is CCc1ccccc1OCCN1C[C@@H](CS(=O)(=O)N(C)C)[C@@H](O)C1. The third kappa shape index (κ3) is 4.92. The molecule has 136 valence electrons. The Bertz CT molecular complexity index is 633. The summed E-state index contributed by atoms with van der Waals surface area (Å²) in [6.07, 6.45) is 0.311. The zero-order chi connectivity index (χ0) is 17.7. The van der Waals surface area contributed by atoms with Gasteiger partial charge in [0.05, 0.1) is 11.9 Å². The van der Waals surface area contributed by atoms with E-state index in [1.54, 1.807) is 0 Å². The number of β-amino-alcohol motifs (C(OH)–C–C–N with tert-alkyl or cyclic N) is 1. The average molecular weight is 356 g/mol. The highest BCUT2D eigenvalue weighted by Gasteiger charge is 2.35. The molecule has 0 saturated carbocycles. The van der Waals surface area contributed by atoms with E-state index in [2.05, 4.69) is 17.9 Å². The van der Waals surface area contributed by atoms with E-state index in [1.807, 2.05) is 18.2 Å². The van der Waals surface area contributed by atoms with Crippen LogP contribution in [0.15, 0.2) is 24.3 Å². The molecule has 0 aromatic heterocycles. The van der Waals surface area contributed by atoms with E-state index >= 15 is 0 Å². The minimum atomic E-state index is -3.30. The van der Waals surface area contributed by atoms with Gasteiger partial charge in [-0.3, -0.25) is 4.90 Å². The van der Waals surface area contributed by atoms with E-state index in [9.17, 15) is 13.5 Å². The molecule has 24 heavy (non-hydrogen) atoms. The molecule has 6 nitrogen and oxygen atoms in total. The van der Waals surface area contributed by atoms with Crippen molar-refractivity contribution in [3.05, 3.63) is 29.8 Å². The number of aryl methyl sites for hydroxylation is 1. The molecular formula is C17H28N2O4S. The second-order valence-electron chi connectivity index (χ2n) is 6.46. The Morgan fingerprint density at radius 3 is 2.67 bits per heavy atom. The summed E-state index contributed by atoms with van der Waals surface area (Å²) in [5, 5.41) is 10.1. The summed E-state index contributed by atoms with van der Waals surface area (Å²) < 4.78 is 31.0. The zero-order valence-electron chi connectivity index (χ0n) is 14.7. The molecule has 1 aliphatic heterocycles. The highest BCUT2D eigenvalue weighted by atomic mass is 32.2. The minimum Gasteiger partial charge on any atom is -0.492 e. The maximum absolute atomic E-state index is 12.0. The van der Waals surface area contributed by atoms with Crippen LogP contribution in [0, 0.1) is 5.92 Å². The van der Waals surface area contributed by atoms with Gasteiger partial charge in [-0.25, -0.2) is 12.7 Å². The molecule has 0 aliphatic carbocycles. The number of ether oxygens (including phenoxy) is 1. The number of hydrogen-bond donors (Lipinski definition) is 1. The fourth-order valence-corrected chi connectivity index (χ4v) is 4.10. The van der Waals surface area contributed by atoms with Crippen molar-refractivity contribution in [1.82, 2.24) is 9.21 Å². The van der Waals surface area contributed by atoms with E-state index < -0.39 is 16.1 Å². The molecule has 0 radical (unpaired) electrons. The van der Waals surface area contributed by atoms with Gasteiger partial charge in [-0.2, -0.15) is 0 Å². The number of benzene rings is 1. The fraction of sp³-hybridized carbons (Fsp3) is 0.647. The molecule has 1 aromatic carbocycles. The van der Waals surface area contributed by atoms with Crippen molar-refractivity contribution >= 4 is 10.0 Å². The lowest BCUT2D eigenvalue weighted by Crippen LogP contribution is -2.33. The first kappa shape index (κ1) is 19.2. The number of aliphatic hydroxyl groups excluding tert-OH is 1. The summed E-state index contributed by atoms with van der Waals surface area (Å²) in [6, 6.07) is 7.97. The first-order valence-electron chi connectivity index (χ1n) is 8.34. The number of nitrogens with zero attached hydrogens (tertiary/aromatic N) is 2. The molecule has 1 saturated heterocycles. The maximum atomic E-state index is 12.0. The maximum Gasteiger partial charge on any atom is 0.214 e. The molecule has 0 spiro atoms. The molecule has 0 unspecified atom stereocenters. The van der Waals surface area contributed by atoms with Crippen LogP contribution < -0.4 is 4.74 Å². The minimum absolute atomic E-state index is 0.0167. The first-order chi connectivity index (χ1) is 11.3. The van der Waals surface area contributed by atoms with Crippen LogP contribution in [0.5, 0.6) is 5.75 Å². The Morgan fingerprint density at radius 2 is 2.00 bits per heavy atom. The van der Waals surface area contributed by atoms with Crippen LogP contribution in [-0.4, -0.2) is 74.9 Å². The van der Waals surface area contributed by atoms with Crippen LogP contribution in [0.1, 0.15) is 12.5 Å². The molecule has 1 aliphatic rings. The van der Waals surface area contributed by atoms with Gasteiger partial charge < -0.3 is 9.84 Å². The Morgan fingerprint density at radius 1 is 1.29 bits per heavy atom. The first-order valence-corrected chi connectivity index (χ1v) is 9.95. The smallest absolute Gasteiger partial charge is 0.214 e. The number of para-hydroxylation sites is 1. The molecule has 1 aromatic rings. The van der Waals surface area contributed by atoms with Gasteiger partial charge in [0.2, 0.25) is 10.0 Å². The Kier molecular flexibility index (Phi) is 6.62. The molecule has 1 N–H and O–H groups in total. The summed E-state index contributed by atoms with van der Waals surface area (Å²) in [7, 11) is -0.252. The van der Waals surface area contributed by atoms with Gasteiger partial charge in [0.1, 0.15) is 12.4 Å². The van der Waals surface area contributed by atoms with Crippen molar-refractivity contribution in [2.75, 3.05) is 46.1 Å². The lowest BCUT2D eigenvalue weighted by molar-refractivity contribution is 0.145. The van der Waals surface area contributed by atoms with Gasteiger partial charge in [-0.1, -0.05) is 25.1 Å². The Balaban J connectivity index is 1.83. The summed E-state index contributed by atoms with van der Waals surface area (Å²) in [4.78, 5) is 2.06. The molecule has 2 rings (SSSR count). The monoisotopic (exact) mass is 356 g/mol. The van der Waals surface area contributed by atoms with Crippen molar-refractivity contribution in [2.45, 2.75) is 19.4 Å². The van der Waals surface area contributed by atoms with Crippen LogP contribution >= 0.6 is 0 Å². The van der Waals surface area contributed by atoms with Crippen molar-refractivity contribution in [3.8, 4) is 5.75 Å². The average Bonchev–Trinajstić information content (AvgIpc) is 2.87. The largest absolute Gasteiger partial charge is 0.492 e. The highest BCUT2D eigenvalue weighted by molar-refractivity contribution is 7.89. The summed E-state index contributed by atoms with van der Waals surface area (Å²) >= 11 is 0. The second kappa shape index (κ2) is 8.29. The molecule has 1 heterocycles. The van der Waals surface area contributed by atoms with Gasteiger partial charge in [0.25, 0.3) is 0 Å². The molecule has 2 atom stereocenters. The predicted octanol–water partition coefficient (Wildman–Crippen LogP) is 0.812. The van der Waals surface area contributed by atoms with Gasteiger partial charge in [-0.15, -0.1) is 0 Å². The molecule has 0 amide bonds. The van der Waals surface area contributed by atoms with Gasteiger partial charge in [-0.05, 0) is 18.1 Å². The van der Waals surface area contributed by atoms with Crippen LogP contribution in [0.2, 0.25) is 0 Å². The van der Waals surface area contributed by atoms with Crippen LogP contribution in [0.3, 0.4) is 0 Å². The normalized spacial score (nSPS) is 22.2. The topological polar surface area (TPSA) is 70.1 Å². The predicted molar refractivity (Wildman–Crippen MR) is 94.7 cm³/mol. The van der Waals surface area contributed by atoms with Crippen molar-refractivity contribution in [3.63, 3.8) is 0 Å². The van der Waals surface area contributed by atoms with E-state index in [1.165, 1.54) is 24.0 Å². The number of rotatable bonds is 8.